The molecule has 0 aromatic heterocycles. The second-order valence-electron chi connectivity index (χ2n) is 4.75. The van der Waals surface area contributed by atoms with Gasteiger partial charge in [-0.3, -0.25) is 4.79 Å². The van der Waals surface area contributed by atoms with Gasteiger partial charge in [-0.1, -0.05) is 23.7 Å². The molecule has 20 heavy (non-hydrogen) atoms. The van der Waals surface area contributed by atoms with E-state index < -0.39 is 0 Å². The monoisotopic (exact) mass is 289 g/mol. The van der Waals surface area contributed by atoms with Gasteiger partial charge in [0.15, 0.2) is 0 Å². The summed E-state index contributed by atoms with van der Waals surface area (Å²) in [4.78, 5) is 12.2. The molecule has 2 rings (SSSR count). The van der Waals surface area contributed by atoms with Crippen LogP contribution in [0, 0.1) is 6.92 Å². The highest BCUT2D eigenvalue weighted by atomic mass is 35.5. The second-order valence-corrected chi connectivity index (χ2v) is 5.18. The molecule has 3 nitrogen and oxygen atoms in total. The van der Waals surface area contributed by atoms with Crippen LogP contribution < -0.4 is 5.32 Å². The van der Waals surface area contributed by atoms with E-state index in [0.29, 0.717) is 10.6 Å². The fourth-order valence-corrected chi connectivity index (χ4v) is 2.14. The Balaban J connectivity index is 2.13. The summed E-state index contributed by atoms with van der Waals surface area (Å²) >= 11 is 5.84. The average molecular weight is 290 g/mol. The van der Waals surface area contributed by atoms with Gasteiger partial charge in [-0.15, -0.1) is 0 Å². The van der Waals surface area contributed by atoms with Crippen molar-refractivity contribution in [3.63, 3.8) is 0 Å². The van der Waals surface area contributed by atoms with Gasteiger partial charge in [0.25, 0.3) is 5.91 Å². The van der Waals surface area contributed by atoms with Crippen LogP contribution in [0.3, 0.4) is 0 Å². The van der Waals surface area contributed by atoms with E-state index in [4.69, 9.17) is 11.6 Å². The van der Waals surface area contributed by atoms with Crippen molar-refractivity contribution in [3.8, 4) is 5.75 Å². The fourth-order valence-electron chi connectivity index (χ4n) is 2.01. The molecule has 0 aliphatic rings. The molecule has 2 N–H and O–H groups in total. The maximum Gasteiger partial charge on any atom is 0.252 e. The van der Waals surface area contributed by atoms with Crippen LogP contribution in [0.2, 0.25) is 5.02 Å². The van der Waals surface area contributed by atoms with Gasteiger partial charge < -0.3 is 10.4 Å². The van der Waals surface area contributed by atoms with Crippen LogP contribution in [0.25, 0.3) is 0 Å². The van der Waals surface area contributed by atoms with E-state index in [1.54, 1.807) is 31.2 Å². The minimum Gasteiger partial charge on any atom is -0.508 e. The van der Waals surface area contributed by atoms with Gasteiger partial charge in [-0.2, -0.15) is 0 Å². The molecule has 0 heterocycles. The zero-order chi connectivity index (χ0) is 14.7. The number of carbonyl (C=O) groups is 1. The molecule has 0 aliphatic heterocycles. The standard InChI is InChI=1S/C16H16ClNO2/c1-10-9-14(19)7-8-15(10)16(20)18-11(2)12-3-5-13(17)6-4-12/h3-9,11,19H,1-2H3,(H,18,20). The Kier molecular flexibility index (Phi) is 4.30. The highest BCUT2D eigenvalue weighted by Gasteiger charge is 2.13. The largest absolute Gasteiger partial charge is 0.508 e. The van der Waals surface area contributed by atoms with Crippen LogP contribution >= 0.6 is 11.6 Å². The zero-order valence-corrected chi connectivity index (χ0v) is 12.1. The predicted octanol–water partition coefficient (Wildman–Crippen LogP) is 3.85. The molecule has 104 valence electrons. The van der Waals surface area contributed by atoms with Crippen molar-refractivity contribution in [3.05, 3.63) is 64.2 Å². The van der Waals surface area contributed by atoms with E-state index in [1.807, 2.05) is 19.1 Å². The molecule has 0 saturated carbocycles. The third kappa shape index (κ3) is 3.31. The summed E-state index contributed by atoms with van der Waals surface area (Å²) in [5.41, 5.74) is 2.29. The first-order valence-corrected chi connectivity index (χ1v) is 6.71. The van der Waals surface area contributed by atoms with Crippen molar-refractivity contribution in [2.45, 2.75) is 19.9 Å². The van der Waals surface area contributed by atoms with Crippen LogP contribution in [-0.4, -0.2) is 11.0 Å². The van der Waals surface area contributed by atoms with E-state index in [1.165, 1.54) is 6.07 Å². The summed E-state index contributed by atoms with van der Waals surface area (Å²) in [7, 11) is 0. The number of hydrogen-bond acceptors (Lipinski definition) is 2. The molecular weight excluding hydrogens is 274 g/mol. The number of carbonyl (C=O) groups excluding carboxylic acids is 1. The van der Waals surface area contributed by atoms with Gasteiger partial charge in [0.2, 0.25) is 0 Å². The smallest absolute Gasteiger partial charge is 0.252 e. The minimum atomic E-state index is -0.162. The van der Waals surface area contributed by atoms with Crippen LogP contribution in [0.5, 0.6) is 5.75 Å². The van der Waals surface area contributed by atoms with Crippen molar-refractivity contribution in [1.29, 1.82) is 0 Å². The van der Waals surface area contributed by atoms with Crippen LogP contribution in [0.4, 0.5) is 0 Å². The Morgan fingerprint density at radius 2 is 1.85 bits per heavy atom. The van der Waals surface area contributed by atoms with Crippen LogP contribution in [0.1, 0.15) is 34.5 Å². The highest BCUT2D eigenvalue weighted by molar-refractivity contribution is 6.30. The maximum atomic E-state index is 12.2. The number of phenols is 1. The van der Waals surface area contributed by atoms with E-state index in [0.717, 1.165) is 11.1 Å². The van der Waals surface area contributed by atoms with Gasteiger partial charge in [0, 0.05) is 10.6 Å². The molecule has 1 unspecified atom stereocenters. The van der Waals surface area contributed by atoms with E-state index in [9.17, 15) is 9.90 Å². The molecule has 1 atom stereocenters. The zero-order valence-electron chi connectivity index (χ0n) is 11.4. The van der Waals surface area contributed by atoms with Crippen LogP contribution in [0.15, 0.2) is 42.5 Å². The Morgan fingerprint density at radius 1 is 1.20 bits per heavy atom. The summed E-state index contributed by atoms with van der Waals surface area (Å²) in [6.07, 6.45) is 0. The van der Waals surface area contributed by atoms with Gasteiger partial charge in [0.1, 0.15) is 5.75 Å². The number of rotatable bonds is 3. The molecule has 0 spiro atoms. The number of hydrogen-bond donors (Lipinski definition) is 2. The number of benzene rings is 2. The van der Waals surface area contributed by atoms with Gasteiger partial charge >= 0.3 is 0 Å². The molecular formula is C16H16ClNO2. The summed E-state index contributed by atoms with van der Waals surface area (Å²) in [5, 5.41) is 13.0. The molecule has 4 heteroatoms. The van der Waals surface area contributed by atoms with Crippen molar-refractivity contribution < 1.29 is 9.90 Å². The quantitative estimate of drug-likeness (QED) is 0.902. The van der Waals surface area contributed by atoms with Gasteiger partial charge in [0.05, 0.1) is 6.04 Å². The SMILES string of the molecule is Cc1cc(O)ccc1C(=O)NC(C)c1ccc(Cl)cc1. The number of amides is 1. The maximum absolute atomic E-state index is 12.2. The number of halogens is 1. The first-order chi connectivity index (χ1) is 9.47. The predicted molar refractivity (Wildman–Crippen MR) is 80.2 cm³/mol. The summed E-state index contributed by atoms with van der Waals surface area (Å²) in [6.45, 7) is 3.71. The summed E-state index contributed by atoms with van der Waals surface area (Å²) in [5.74, 6) is -0.00486. The molecule has 2 aromatic rings. The molecule has 2 aromatic carbocycles. The lowest BCUT2D eigenvalue weighted by atomic mass is 10.1. The van der Waals surface area contributed by atoms with Gasteiger partial charge in [-0.25, -0.2) is 0 Å². The topological polar surface area (TPSA) is 49.3 Å². The lowest BCUT2D eigenvalue weighted by Gasteiger charge is -2.15. The third-order valence-corrected chi connectivity index (χ3v) is 3.42. The van der Waals surface area contributed by atoms with Crippen molar-refractivity contribution in [2.24, 2.45) is 0 Å². The van der Waals surface area contributed by atoms with Crippen molar-refractivity contribution >= 4 is 17.5 Å². The Morgan fingerprint density at radius 3 is 2.45 bits per heavy atom. The molecule has 0 bridgehead atoms. The van der Waals surface area contributed by atoms with Crippen LogP contribution in [-0.2, 0) is 0 Å². The Hall–Kier alpha value is -2.00. The normalized spacial score (nSPS) is 11.9. The first kappa shape index (κ1) is 14.4. The lowest BCUT2D eigenvalue weighted by molar-refractivity contribution is 0.0939. The van der Waals surface area contributed by atoms with E-state index >= 15 is 0 Å². The third-order valence-electron chi connectivity index (χ3n) is 3.17. The van der Waals surface area contributed by atoms with Crippen molar-refractivity contribution in [1.82, 2.24) is 5.32 Å². The summed E-state index contributed by atoms with van der Waals surface area (Å²) in [6, 6.07) is 11.9. The van der Waals surface area contributed by atoms with E-state index in [2.05, 4.69) is 5.32 Å². The Bertz CT molecular complexity index is 623. The molecule has 0 aliphatic carbocycles. The fraction of sp³-hybridized carbons (Fsp3) is 0.188. The minimum absolute atomic E-state index is 0.118. The molecule has 0 radical (unpaired) electrons. The average Bonchev–Trinajstić information content (AvgIpc) is 2.39. The molecule has 1 amide bonds. The lowest BCUT2D eigenvalue weighted by Crippen LogP contribution is -2.27. The van der Waals surface area contributed by atoms with Crippen molar-refractivity contribution in [2.75, 3.05) is 0 Å². The number of nitrogens with one attached hydrogen (secondary N) is 1. The van der Waals surface area contributed by atoms with E-state index in [-0.39, 0.29) is 17.7 Å². The number of aromatic hydroxyl groups is 1. The summed E-state index contributed by atoms with van der Waals surface area (Å²) < 4.78 is 0. The highest BCUT2D eigenvalue weighted by Crippen LogP contribution is 2.19. The second kappa shape index (κ2) is 5.97. The number of aryl methyl sites for hydroxylation is 1. The van der Waals surface area contributed by atoms with Gasteiger partial charge in [-0.05, 0) is 55.3 Å². The Labute approximate surface area is 123 Å². The first-order valence-electron chi connectivity index (χ1n) is 6.33. The number of phenolic OH excluding ortho intramolecular Hbond substituents is 1. The molecule has 0 fully saturated rings. The molecule has 0 saturated heterocycles.